The summed E-state index contributed by atoms with van der Waals surface area (Å²) in [6, 6.07) is 7.16. The quantitative estimate of drug-likeness (QED) is 0.157. The molecule has 0 spiro atoms. The lowest BCUT2D eigenvalue weighted by Gasteiger charge is -2.28. The second-order valence-electron chi connectivity index (χ2n) is 7.86. The highest BCUT2D eigenvalue weighted by Crippen LogP contribution is 2.19. The molecule has 1 amide bonds. The molecule has 3 unspecified atom stereocenters. The van der Waals surface area contributed by atoms with E-state index in [9.17, 15) is 19.5 Å². The van der Waals surface area contributed by atoms with Gasteiger partial charge in [0, 0.05) is 6.54 Å². The molecule has 12 nitrogen and oxygen atoms in total. The maximum atomic E-state index is 12.9. The number of benzene rings is 1. The van der Waals surface area contributed by atoms with Crippen LogP contribution in [0.5, 0.6) is 0 Å². The number of aliphatic carboxylic acids is 1. The maximum Gasteiger partial charge on any atom is 0.326 e. The van der Waals surface area contributed by atoms with Crippen molar-refractivity contribution in [3.8, 4) is 0 Å². The number of aryl methyl sites for hydroxylation is 1. The van der Waals surface area contributed by atoms with Crippen LogP contribution in [-0.4, -0.2) is 94.8 Å². The van der Waals surface area contributed by atoms with E-state index in [-0.39, 0.29) is 32.3 Å². The minimum atomic E-state index is -1.03. The van der Waals surface area contributed by atoms with Gasteiger partial charge in [-0.3, -0.25) is 25.3 Å². The van der Waals surface area contributed by atoms with E-state index in [0.717, 1.165) is 5.56 Å². The Kier molecular flexibility index (Phi) is 11.9. The summed E-state index contributed by atoms with van der Waals surface area (Å²) in [6.45, 7) is 1.95. The fraction of sp³-hybridized carbons (Fsp3) is 0.591. The van der Waals surface area contributed by atoms with E-state index < -0.39 is 35.5 Å². The summed E-state index contributed by atoms with van der Waals surface area (Å²) in [5.74, 6) is -1.95. The van der Waals surface area contributed by atoms with Gasteiger partial charge in [-0.05, 0) is 38.2 Å². The van der Waals surface area contributed by atoms with Gasteiger partial charge in [0.2, 0.25) is 5.91 Å². The number of rotatable bonds is 15. The fourth-order valence-corrected chi connectivity index (χ4v) is 3.72. The van der Waals surface area contributed by atoms with Gasteiger partial charge >= 0.3 is 11.9 Å². The molecule has 0 radical (unpaired) electrons. The van der Waals surface area contributed by atoms with Crippen molar-refractivity contribution in [2.45, 2.75) is 50.7 Å². The first-order chi connectivity index (χ1) is 16.3. The molecule has 12 heteroatoms. The molecule has 1 heterocycles. The van der Waals surface area contributed by atoms with Crippen LogP contribution >= 0.6 is 0 Å². The number of carboxylic acid groups (broad SMARTS) is 1. The van der Waals surface area contributed by atoms with Gasteiger partial charge in [-0.1, -0.05) is 30.3 Å². The predicted molar refractivity (Wildman–Crippen MR) is 117 cm³/mol. The Balaban J connectivity index is 1.90. The smallest absolute Gasteiger partial charge is 0.326 e. The van der Waals surface area contributed by atoms with E-state index in [1.807, 2.05) is 30.3 Å². The molecule has 0 bridgehead atoms. The van der Waals surface area contributed by atoms with Crippen LogP contribution < -0.4 is 5.32 Å². The largest absolute Gasteiger partial charge is 0.480 e. The zero-order valence-corrected chi connectivity index (χ0v) is 19.2. The minimum Gasteiger partial charge on any atom is -0.480 e. The van der Waals surface area contributed by atoms with Crippen molar-refractivity contribution in [3.05, 3.63) is 35.9 Å². The summed E-state index contributed by atoms with van der Waals surface area (Å²) in [7, 11) is 0. The van der Waals surface area contributed by atoms with Crippen molar-refractivity contribution in [3.63, 3.8) is 0 Å². The Hall–Kier alpha value is -2.61. The zero-order valence-electron chi connectivity index (χ0n) is 19.2. The van der Waals surface area contributed by atoms with E-state index >= 15 is 0 Å². The Bertz CT molecular complexity index is 778. The average Bonchev–Trinajstić information content (AvgIpc) is 3.31. The van der Waals surface area contributed by atoms with E-state index in [4.69, 9.17) is 19.9 Å². The zero-order chi connectivity index (χ0) is 24.9. The van der Waals surface area contributed by atoms with Gasteiger partial charge in [-0.15, -0.1) is 0 Å². The summed E-state index contributed by atoms with van der Waals surface area (Å²) in [5, 5.41) is 28.8. The van der Waals surface area contributed by atoms with Crippen molar-refractivity contribution in [2.75, 3.05) is 33.0 Å². The normalized spacial score (nSPS) is 17.5. The van der Waals surface area contributed by atoms with Gasteiger partial charge in [0.25, 0.3) is 0 Å². The molecule has 0 aromatic heterocycles. The monoisotopic (exact) mass is 483 g/mol. The number of carbonyl (C=O) groups is 3. The van der Waals surface area contributed by atoms with Gasteiger partial charge < -0.3 is 19.5 Å². The van der Waals surface area contributed by atoms with Crippen LogP contribution in [0.25, 0.3) is 0 Å². The number of likely N-dealkylation sites (tertiary alicyclic amines) is 1. The topological polar surface area (TPSA) is 158 Å². The number of ether oxygens (including phenoxy) is 2. The summed E-state index contributed by atoms with van der Waals surface area (Å²) in [5.41, 5.74) is 1.02. The third kappa shape index (κ3) is 9.33. The summed E-state index contributed by atoms with van der Waals surface area (Å²) in [4.78, 5) is 42.7. The Morgan fingerprint density at radius 3 is 2.53 bits per heavy atom. The van der Waals surface area contributed by atoms with E-state index in [0.29, 0.717) is 32.2 Å². The molecular weight excluding hydrogens is 450 g/mol. The summed E-state index contributed by atoms with van der Waals surface area (Å²) >= 11 is 0. The van der Waals surface area contributed by atoms with Crippen LogP contribution in [0.2, 0.25) is 0 Å². The molecule has 1 saturated heterocycles. The summed E-state index contributed by atoms with van der Waals surface area (Å²) < 4.78 is 10.5. The highest BCUT2D eigenvalue weighted by atomic mass is 17.1. The molecule has 1 aromatic rings. The molecule has 2 rings (SSSR count). The van der Waals surface area contributed by atoms with E-state index in [1.165, 1.54) is 4.90 Å². The van der Waals surface area contributed by atoms with Crippen molar-refractivity contribution in [2.24, 2.45) is 0 Å². The van der Waals surface area contributed by atoms with Gasteiger partial charge in [0.15, 0.2) is 0 Å². The highest BCUT2D eigenvalue weighted by molar-refractivity contribution is 5.88. The number of hydrogen-bond donors (Lipinski definition) is 4. The maximum absolute atomic E-state index is 12.9. The van der Waals surface area contributed by atoms with Gasteiger partial charge in [0.05, 0.1) is 31.3 Å². The molecular formula is C22H33N3O9. The van der Waals surface area contributed by atoms with Crippen molar-refractivity contribution >= 4 is 17.8 Å². The summed E-state index contributed by atoms with van der Waals surface area (Å²) in [6.07, 6.45) is 1.98. The molecule has 0 aliphatic carbocycles. The predicted octanol–water partition coefficient (Wildman–Crippen LogP) is 0.613. The second-order valence-corrected chi connectivity index (χ2v) is 7.86. The molecule has 1 aliphatic rings. The SMILES string of the molecule is CC(NC(CCc1ccccc1)C(=O)OCCOCCON(O)O)C(=O)N1CCCC1C(=O)O. The molecule has 1 aromatic carbocycles. The first-order valence-corrected chi connectivity index (χ1v) is 11.2. The Labute approximate surface area is 197 Å². The number of carboxylic acids is 1. The van der Waals surface area contributed by atoms with Crippen molar-refractivity contribution in [1.29, 1.82) is 0 Å². The molecule has 34 heavy (non-hydrogen) atoms. The standard InChI is InChI=1S/C22H33N3O9/c1-16(20(26)24-11-5-8-19(24)21(27)28)23-18(10-9-17-6-3-2-4-7-17)22(29)33-14-12-32-13-15-34-25(30)31/h2-4,6-7,16,18-19,23,30-31H,5,8-15H2,1H3,(H,27,28). The number of esters is 1. The molecule has 190 valence electrons. The van der Waals surface area contributed by atoms with Crippen molar-refractivity contribution in [1.82, 2.24) is 15.6 Å². The van der Waals surface area contributed by atoms with Crippen LogP contribution in [0.3, 0.4) is 0 Å². The lowest BCUT2D eigenvalue weighted by molar-refractivity contribution is -0.493. The number of nitrogens with one attached hydrogen (secondary N) is 1. The molecule has 4 N–H and O–H groups in total. The fourth-order valence-electron chi connectivity index (χ4n) is 3.72. The first kappa shape index (κ1) is 27.6. The third-order valence-corrected chi connectivity index (χ3v) is 5.40. The number of carbonyl (C=O) groups excluding carboxylic acids is 2. The number of nitrogens with zero attached hydrogens (tertiary/aromatic N) is 2. The lowest BCUT2D eigenvalue weighted by Crippen LogP contribution is -2.53. The van der Waals surface area contributed by atoms with Crippen LogP contribution in [0.1, 0.15) is 31.7 Å². The van der Waals surface area contributed by atoms with Gasteiger partial charge in [0.1, 0.15) is 18.7 Å². The van der Waals surface area contributed by atoms with Crippen LogP contribution in [-0.2, 0) is 35.1 Å². The second kappa shape index (κ2) is 14.6. The minimum absolute atomic E-state index is 0.0418. The van der Waals surface area contributed by atoms with Gasteiger partial charge in [-0.25, -0.2) is 9.63 Å². The van der Waals surface area contributed by atoms with E-state index in [2.05, 4.69) is 10.2 Å². The average molecular weight is 484 g/mol. The third-order valence-electron chi connectivity index (χ3n) is 5.40. The Morgan fingerprint density at radius 1 is 1.15 bits per heavy atom. The van der Waals surface area contributed by atoms with Crippen LogP contribution in [0.15, 0.2) is 30.3 Å². The van der Waals surface area contributed by atoms with Gasteiger partial charge in [-0.2, -0.15) is 0 Å². The highest BCUT2D eigenvalue weighted by Gasteiger charge is 2.37. The molecule has 3 atom stereocenters. The molecule has 1 aliphatic heterocycles. The Morgan fingerprint density at radius 2 is 1.85 bits per heavy atom. The van der Waals surface area contributed by atoms with E-state index in [1.54, 1.807) is 6.92 Å². The molecule has 1 fully saturated rings. The number of hydrogen-bond acceptors (Lipinski definition) is 10. The van der Waals surface area contributed by atoms with Crippen LogP contribution in [0, 0.1) is 0 Å². The molecule has 0 saturated carbocycles. The first-order valence-electron chi connectivity index (χ1n) is 11.2. The lowest BCUT2D eigenvalue weighted by atomic mass is 10.0. The van der Waals surface area contributed by atoms with Crippen molar-refractivity contribution < 1.29 is 44.2 Å². The van der Waals surface area contributed by atoms with Crippen LogP contribution in [0.4, 0.5) is 0 Å². The number of amides is 1.